The summed E-state index contributed by atoms with van der Waals surface area (Å²) < 4.78 is 16.0. The number of imidazole rings is 1. The predicted octanol–water partition coefficient (Wildman–Crippen LogP) is 3.93. The number of piperidine rings is 1. The zero-order valence-corrected chi connectivity index (χ0v) is 14.2. The van der Waals surface area contributed by atoms with Crippen LogP contribution in [0.2, 0.25) is 0 Å². The molecule has 0 amide bonds. The van der Waals surface area contributed by atoms with Crippen molar-refractivity contribution in [2.45, 2.75) is 46.3 Å². The zero-order chi connectivity index (χ0) is 16.1. The molecule has 1 fully saturated rings. The Bertz CT molecular complexity index is 534. The molecule has 0 aliphatic carbocycles. The topological polar surface area (TPSA) is 21.1 Å². The first-order valence-corrected chi connectivity index (χ1v) is 8.19. The molecule has 122 valence electrons. The second kappa shape index (κ2) is 7.73. The van der Waals surface area contributed by atoms with E-state index in [2.05, 4.69) is 21.5 Å². The Kier molecular flexibility index (Phi) is 5.95. The highest BCUT2D eigenvalue weighted by Gasteiger charge is 2.19. The molecule has 1 unspecified atom stereocenters. The molecule has 3 nitrogen and oxygen atoms in total. The van der Waals surface area contributed by atoms with Crippen molar-refractivity contribution in [3.05, 3.63) is 35.9 Å². The molecule has 0 aromatic carbocycles. The van der Waals surface area contributed by atoms with Gasteiger partial charge in [0, 0.05) is 12.1 Å². The molecular formula is C18H28FN3. The molecule has 2 rings (SSSR count). The van der Waals surface area contributed by atoms with E-state index in [0.29, 0.717) is 5.92 Å². The number of aromatic nitrogens is 2. The first kappa shape index (κ1) is 16.9. The van der Waals surface area contributed by atoms with Crippen LogP contribution in [-0.4, -0.2) is 40.8 Å². The number of alkyl halides is 1. The fourth-order valence-corrected chi connectivity index (χ4v) is 3.01. The summed E-state index contributed by atoms with van der Waals surface area (Å²) in [5.41, 5.74) is 2.75. The largest absolute Gasteiger partial charge is 0.330 e. The molecule has 1 aromatic rings. The lowest BCUT2D eigenvalue weighted by Gasteiger charge is -2.29. The third-order valence-electron chi connectivity index (χ3n) is 4.64. The lowest BCUT2D eigenvalue weighted by Crippen LogP contribution is -2.32. The third kappa shape index (κ3) is 4.07. The van der Waals surface area contributed by atoms with E-state index in [0.717, 1.165) is 36.5 Å². The van der Waals surface area contributed by atoms with Gasteiger partial charge in [0.25, 0.3) is 0 Å². The second-order valence-electron chi connectivity index (χ2n) is 6.39. The summed E-state index contributed by atoms with van der Waals surface area (Å²) in [6.07, 6.45) is 9.19. The van der Waals surface area contributed by atoms with Gasteiger partial charge in [-0.3, -0.25) is 0 Å². The first-order valence-electron chi connectivity index (χ1n) is 8.19. The van der Waals surface area contributed by atoms with E-state index in [1.54, 1.807) is 6.92 Å². The number of allylic oxidation sites excluding steroid dienone is 4. The van der Waals surface area contributed by atoms with Crippen LogP contribution in [0.4, 0.5) is 4.39 Å². The predicted molar refractivity (Wildman–Crippen MR) is 90.4 cm³/mol. The van der Waals surface area contributed by atoms with E-state index in [1.807, 2.05) is 38.5 Å². The van der Waals surface area contributed by atoms with Gasteiger partial charge in [-0.15, -0.1) is 0 Å². The van der Waals surface area contributed by atoms with Gasteiger partial charge in [0.1, 0.15) is 6.17 Å². The lowest BCUT2D eigenvalue weighted by molar-refractivity contribution is 0.205. The summed E-state index contributed by atoms with van der Waals surface area (Å²) in [5.74, 6) is 0.680. The second-order valence-corrected chi connectivity index (χ2v) is 6.39. The number of likely N-dealkylation sites (tertiary alicyclic amines) is 1. The van der Waals surface area contributed by atoms with Crippen molar-refractivity contribution in [2.24, 2.45) is 5.92 Å². The maximum absolute atomic E-state index is 13.8. The highest BCUT2D eigenvalue weighted by atomic mass is 19.1. The van der Waals surface area contributed by atoms with E-state index in [1.165, 1.54) is 12.8 Å². The molecule has 2 heterocycles. The minimum absolute atomic E-state index is 0.680. The van der Waals surface area contributed by atoms with Crippen molar-refractivity contribution >= 4 is 5.57 Å². The van der Waals surface area contributed by atoms with Gasteiger partial charge < -0.3 is 9.47 Å². The molecule has 1 aliphatic rings. The zero-order valence-electron chi connectivity index (χ0n) is 14.2. The van der Waals surface area contributed by atoms with Gasteiger partial charge >= 0.3 is 0 Å². The molecule has 1 aromatic heterocycles. The van der Waals surface area contributed by atoms with Crippen molar-refractivity contribution < 1.29 is 4.39 Å². The highest BCUT2D eigenvalue weighted by Crippen LogP contribution is 2.26. The molecular weight excluding hydrogens is 277 g/mol. The maximum Gasteiger partial charge on any atom is 0.119 e. The summed E-state index contributed by atoms with van der Waals surface area (Å²) >= 11 is 0. The average Bonchev–Trinajstić information content (AvgIpc) is 2.94. The van der Waals surface area contributed by atoms with E-state index in [4.69, 9.17) is 0 Å². The average molecular weight is 305 g/mol. The number of hydrogen-bond donors (Lipinski definition) is 0. The highest BCUT2D eigenvalue weighted by molar-refractivity contribution is 5.74. The molecule has 1 saturated heterocycles. The fraction of sp³-hybridized carbons (Fsp3) is 0.611. The van der Waals surface area contributed by atoms with Crippen LogP contribution < -0.4 is 0 Å². The van der Waals surface area contributed by atoms with Gasteiger partial charge in [0.05, 0.1) is 18.2 Å². The van der Waals surface area contributed by atoms with Crippen molar-refractivity contribution in [2.75, 3.05) is 20.1 Å². The van der Waals surface area contributed by atoms with Crippen molar-refractivity contribution in [3.63, 3.8) is 0 Å². The van der Waals surface area contributed by atoms with Gasteiger partial charge in [-0.2, -0.15) is 0 Å². The number of nitrogens with zero attached hydrogens (tertiary/aromatic N) is 3. The number of hydrogen-bond acceptors (Lipinski definition) is 2. The van der Waals surface area contributed by atoms with E-state index >= 15 is 0 Å². The molecule has 0 saturated carbocycles. The van der Waals surface area contributed by atoms with Gasteiger partial charge in [0.2, 0.25) is 0 Å². The van der Waals surface area contributed by atoms with E-state index < -0.39 is 6.17 Å². The van der Waals surface area contributed by atoms with Gasteiger partial charge in [-0.25, -0.2) is 9.37 Å². The summed E-state index contributed by atoms with van der Waals surface area (Å²) in [5, 5.41) is 0. The molecule has 22 heavy (non-hydrogen) atoms. The Morgan fingerprint density at radius 1 is 1.45 bits per heavy atom. The Balaban J connectivity index is 2.22. The summed E-state index contributed by atoms with van der Waals surface area (Å²) in [6.45, 7) is 8.72. The smallest absolute Gasteiger partial charge is 0.119 e. The Labute approximate surface area is 133 Å². The molecule has 0 N–H and O–H groups in total. The monoisotopic (exact) mass is 305 g/mol. The van der Waals surface area contributed by atoms with Crippen LogP contribution >= 0.6 is 0 Å². The van der Waals surface area contributed by atoms with E-state index in [9.17, 15) is 4.39 Å². The number of halogens is 1. The van der Waals surface area contributed by atoms with Gasteiger partial charge in [-0.1, -0.05) is 12.2 Å². The number of rotatable bonds is 5. The van der Waals surface area contributed by atoms with Crippen molar-refractivity contribution in [1.82, 2.24) is 14.5 Å². The normalized spacial score (nSPS) is 20.4. The molecule has 1 atom stereocenters. The standard InChI is InChI=1S/C18H28FN3/c1-5-6-17(14(2)15(3)19)18-11-20-13-22(18)12-16-7-9-21(4)10-8-16/h5-6,11,13,15-16H,7-10,12H2,1-4H3/b6-5-,17-14+. The summed E-state index contributed by atoms with van der Waals surface area (Å²) in [6, 6.07) is 0. The quantitative estimate of drug-likeness (QED) is 0.769. The van der Waals surface area contributed by atoms with Crippen molar-refractivity contribution in [1.29, 1.82) is 0 Å². The first-order chi connectivity index (χ1) is 10.5. The lowest BCUT2D eigenvalue weighted by atomic mass is 9.96. The SMILES string of the molecule is C/C=C\C(=C(\C)C(C)F)c1cncn1CC1CCN(C)CC1. The van der Waals surface area contributed by atoms with Gasteiger partial charge in [-0.05, 0) is 65.2 Å². The maximum atomic E-state index is 13.8. The van der Waals surface area contributed by atoms with Crippen LogP contribution in [0.25, 0.3) is 5.57 Å². The summed E-state index contributed by atoms with van der Waals surface area (Å²) in [7, 11) is 2.18. The van der Waals surface area contributed by atoms with Crippen LogP contribution in [0.5, 0.6) is 0 Å². The minimum Gasteiger partial charge on any atom is -0.330 e. The third-order valence-corrected chi connectivity index (χ3v) is 4.64. The summed E-state index contributed by atoms with van der Waals surface area (Å²) in [4.78, 5) is 6.69. The van der Waals surface area contributed by atoms with Crippen LogP contribution in [-0.2, 0) is 6.54 Å². The molecule has 0 spiro atoms. The Hall–Kier alpha value is -1.42. The van der Waals surface area contributed by atoms with Crippen LogP contribution in [0.15, 0.2) is 30.2 Å². The van der Waals surface area contributed by atoms with Gasteiger partial charge in [0.15, 0.2) is 0 Å². The Morgan fingerprint density at radius 3 is 2.73 bits per heavy atom. The van der Waals surface area contributed by atoms with E-state index in [-0.39, 0.29) is 0 Å². The van der Waals surface area contributed by atoms with Crippen LogP contribution in [0.1, 0.15) is 39.3 Å². The molecule has 4 heteroatoms. The molecule has 1 aliphatic heterocycles. The minimum atomic E-state index is -0.946. The van der Waals surface area contributed by atoms with Crippen LogP contribution in [0, 0.1) is 5.92 Å². The molecule has 0 radical (unpaired) electrons. The van der Waals surface area contributed by atoms with Crippen LogP contribution in [0.3, 0.4) is 0 Å². The Morgan fingerprint density at radius 2 is 2.14 bits per heavy atom. The molecule has 0 bridgehead atoms. The van der Waals surface area contributed by atoms with Crippen molar-refractivity contribution in [3.8, 4) is 0 Å². The fourth-order valence-electron chi connectivity index (χ4n) is 3.01.